The van der Waals surface area contributed by atoms with Crippen LogP contribution in [0, 0.1) is 25.7 Å². The van der Waals surface area contributed by atoms with Gasteiger partial charge in [0.25, 0.3) is 41.4 Å². The zero-order chi connectivity index (χ0) is 106. The number of halogens is 4. The minimum Gasteiger partial charge on any atom is -0.481 e. The Morgan fingerprint density at radius 3 is 1.14 bits per heavy atom. The van der Waals surface area contributed by atoms with E-state index in [1.165, 1.54) is 11.1 Å². The summed E-state index contributed by atoms with van der Waals surface area (Å²) in [5, 5.41) is 44.3. The maximum Gasteiger partial charge on any atom is 0.329 e. The Labute approximate surface area is 868 Å². The van der Waals surface area contributed by atoms with E-state index in [2.05, 4.69) is 59.0 Å². The van der Waals surface area contributed by atoms with Crippen molar-refractivity contribution in [2.75, 3.05) is 91.8 Å². The third-order valence-corrected chi connectivity index (χ3v) is 30.1. The van der Waals surface area contributed by atoms with Crippen LogP contribution in [0.4, 0.5) is 13.2 Å². The largest absolute Gasteiger partial charge is 0.481 e. The van der Waals surface area contributed by atoms with E-state index in [4.69, 9.17) is 26.8 Å². The van der Waals surface area contributed by atoms with Gasteiger partial charge in [0.15, 0.2) is 11.6 Å². The second-order valence-electron chi connectivity index (χ2n) is 40.8. The molecule has 5 saturated heterocycles. The second-order valence-corrected chi connectivity index (χ2v) is 41.2. The molecule has 778 valence electrons. The number of aryl methyl sites for hydroxylation is 2. The Balaban J connectivity index is 0.000000123. The van der Waals surface area contributed by atoms with Crippen LogP contribution in [0.25, 0.3) is 83.9 Å². The number of likely N-dealkylation sites (tertiary alicyclic amines) is 5. The van der Waals surface area contributed by atoms with Gasteiger partial charge in [0.1, 0.15) is 50.8 Å². The lowest BCUT2D eigenvalue weighted by Crippen LogP contribution is -2.43. The molecule has 0 atom stereocenters. The monoisotopic (exact) mass is 2060 g/mol. The summed E-state index contributed by atoms with van der Waals surface area (Å²) in [5.41, 5.74) is 6.33. The summed E-state index contributed by atoms with van der Waals surface area (Å²) in [4.78, 5) is 162. The van der Waals surface area contributed by atoms with Crippen molar-refractivity contribution >= 4 is 120 Å². The number of carboxylic acid groups (broad SMARTS) is 2. The van der Waals surface area contributed by atoms with Gasteiger partial charge in [0.05, 0.1) is 75.3 Å². The van der Waals surface area contributed by atoms with Gasteiger partial charge in [-0.05, 0) is 257 Å². The molecule has 3 aromatic carbocycles. The van der Waals surface area contributed by atoms with Crippen LogP contribution < -0.4 is 5.32 Å². The molecule has 22 rings (SSSR count). The molecule has 7 aliphatic rings. The van der Waals surface area contributed by atoms with E-state index in [-0.39, 0.29) is 61.7 Å². The predicted molar refractivity (Wildman–Crippen MR) is 559 cm³/mol. The van der Waals surface area contributed by atoms with Crippen LogP contribution >= 0.6 is 11.6 Å². The molecule has 0 spiro atoms. The standard InChI is InChI=1S/C25H25FN4O4.C25H29FN4O4.C24H24FN3O3.C19H20ClN5O.C19H21N5O/c1-24(26)9-12-29(13-10-24)22(32)18-14-17-6-11-30(20(17)27-15-18)19-4-2-16(3-5-19)21(31)28-25(7-8-25)23(33)34;1-25(26)7-10-28(11-8-25)24(34)20-16-19-6-9-30(22(19)27-17-20)21-4-2-18(3-5-21)23(33)29(12-14-31)13-15-32;1-23(25)9-12-27(13-10-23)21(29)17-14-16-6-11-28(20(16)26-15-17)19-4-2-18(3-5-19)24(7-8-24)22(30)31;1-12-3-7-24(8-4-12)19(26)14-9-15-16(20)11-25(18(15)23-13(14)2)17-10-21-5-6-22-17;1-13-3-8-23(9-4-13)19(25)16-11-15-5-10-24(18(15)22-14(16)2)17-12-20-6-7-21-17/h2-6,11,14-15H,7-10,12-13H2,1H3,(H,28,31)(H,33,34);2-6,9,16-17,31-32H,7-8,10-15H2,1H3;2-6,11,14-15H,7-10,12-13H2,1H3,(H,30,31);5-6,9-12H,3-4,7-8H2,1-2H3;5-7,10-13H,3-4,8-9H2,1-2H3. The lowest BCUT2D eigenvalue weighted by atomic mass is 9.95. The molecule has 5 N–H and O–H groups in total. The highest BCUT2D eigenvalue weighted by atomic mass is 35.5. The number of pyridine rings is 5. The molecule has 38 heteroatoms. The Kier molecular flexibility index (Phi) is 30.4. The summed E-state index contributed by atoms with van der Waals surface area (Å²) in [6.07, 6.45) is 32.3. The first kappa shape index (κ1) is 104. The fraction of sp³-hybridized carbons (Fsp3) is 0.375. The van der Waals surface area contributed by atoms with Gasteiger partial charge >= 0.3 is 11.9 Å². The summed E-state index contributed by atoms with van der Waals surface area (Å²) in [5.74, 6) is -0.0224. The highest BCUT2D eigenvalue weighted by Gasteiger charge is 2.53. The van der Waals surface area contributed by atoms with Gasteiger partial charge in [-0.1, -0.05) is 37.6 Å². The number of aromatic nitrogens is 14. The number of hydrogen-bond acceptors (Lipinski definition) is 20. The maximum absolute atomic E-state index is 14.1. The number of fused-ring (bicyclic) bond motifs is 5. The van der Waals surface area contributed by atoms with Crippen molar-refractivity contribution in [3.63, 3.8) is 0 Å². The van der Waals surface area contributed by atoms with E-state index in [0.29, 0.717) is 194 Å². The van der Waals surface area contributed by atoms with Gasteiger partial charge in [0, 0.05) is 208 Å². The summed E-state index contributed by atoms with van der Waals surface area (Å²) in [6.45, 7) is 18.6. The molecule has 17 heterocycles. The van der Waals surface area contributed by atoms with Crippen LogP contribution in [0.15, 0.2) is 214 Å². The van der Waals surface area contributed by atoms with Crippen LogP contribution in [0.3, 0.4) is 0 Å². The number of carbonyl (C=O) groups excluding carboxylic acids is 7. The first-order chi connectivity index (χ1) is 72.0. The van der Waals surface area contributed by atoms with E-state index in [0.717, 1.165) is 118 Å². The number of carbonyl (C=O) groups is 9. The van der Waals surface area contributed by atoms with Crippen LogP contribution in [0.2, 0.25) is 5.02 Å². The number of aliphatic hydroxyl groups is 2. The van der Waals surface area contributed by atoms with Gasteiger partial charge in [-0.25, -0.2) is 52.9 Å². The maximum atomic E-state index is 14.1. The molecule has 5 aliphatic heterocycles. The number of carboxylic acids is 2. The van der Waals surface area contributed by atoms with E-state index in [1.54, 1.807) is 156 Å². The molecule has 2 aliphatic carbocycles. The van der Waals surface area contributed by atoms with Crippen molar-refractivity contribution in [1.29, 1.82) is 0 Å². The fourth-order valence-corrected chi connectivity index (χ4v) is 19.9. The lowest BCUT2D eigenvalue weighted by Gasteiger charge is -2.34. The molecule has 15 aromatic rings. The van der Waals surface area contributed by atoms with Crippen molar-refractivity contribution in [2.45, 2.75) is 166 Å². The lowest BCUT2D eigenvalue weighted by molar-refractivity contribution is -0.141. The molecule has 150 heavy (non-hydrogen) atoms. The molecule has 7 fully saturated rings. The van der Waals surface area contributed by atoms with Gasteiger partial charge < -0.3 is 68.8 Å². The van der Waals surface area contributed by atoms with Crippen molar-refractivity contribution in [1.82, 2.24) is 102 Å². The molecule has 34 nitrogen and oxygen atoms in total. The van der Waals surface area contributed by atoms with Crippen molar-refractivity contribution in [3.8, 4) is 28.7 Å². The number of nitrogens with one attached hydrogen (secondary N) is 1. The number of piperidine rings is 5. The average molecular weight is 2060 g/mol. The predicted octanol–water partition coefficient (Wildman–Crippen LogP) is 16.5. The van der Waals surface area contributed by atoms with Crippen LogP contribution in [-0.4, -0.2) is 285 Å². The number of nitrogens with zero attached hydrogens (tertiary/aromatic N) is 20. The van der Waals surface area contributed by atoms with Gasteiger partial charge in [-0.2, -0.15) is 0 Å². The van der Waals surface area contributed by atoms with Gasteiger partial charge in [-0.3, -0.25) is 57.5 Å². The quantitative estimate of drug-likeness (QED) is 0.0473. The van der Waals surface area contributed by atoms with Gasteiger partial charge in [-0.15, -0.1) is 0 Å². The summed E-state index contributed by atoms with van der Waals surface area (Å²) >= 11 is 6.43. The second kappa shape index (κ2) is 43.7. The zero-order valence-electron chi connectivity index (χ0n) is 84.6. The number of rotatable bonds is 20. The first-order valence-corrected chi connectivity index (χ1v) is 51.1. The minimum absolute atomic E-state index is 0.0344. The average Bonchev–Trinajstić information content (AvgIpc) is 1.60. The van der Waals surface area contributed by atoms with E-state index < -0.39 is 45.8 Å². The molecule has 2 saturated carbocycles. The molecule has 7 amide bonds. The van der Waals surface area contributed by atoms with E-state index in [9.17, 15) is 66.5 Å². The molecule has 0 bridgehead atoms. The van der Waals surface area contributed by atoms with Crippen LogP contribution in [0.1, 0.15) is 214 Å². The van der Waals surface area contributed by atoms with Gasteiger partial charge in [0.2, 0.25) is 0 Å². The number of alkyl halides is 3. The first-order valence-electron chi connectivity index (χ1n) is 50.7. The Morgan fingerprint density at radius 2 is 0.767 bits per heavy atom. The van der Waals surface area contributed by atoms with Crippen LogP contribution in [0.5, 0.6) is 0 Å². The van der Waals surface area contributed by atoms with E-state index >= 15 is 0 Å². The highest BCUT2D eigenvalue weighted by Crippen LogP contribution is 2.49. The Bertz CT molecular complexity index is 7540. The Morgan fingerprint density at radius 1 is 0.400 bits per heavy atom. The zero-order valence-corrected chi connectivity index (χ0v) is 85.3. The Hall–Kier alpha value is -15.5. The molecular formula is C112H119ClF3N21O13. The number of benzene rings is 3. The summed E-state index contributed by atoms with van der Waals surface area (Å²) in [6, 6.07) is 38.1. The summed E-state index contributed by atoms with van der Waals surface area (Å²) < 4.78 is 51.5. The van der Waals surface area contributed by atoms with Crippen molar-refractivity contribution in [3.05, 3.63) is 275 Å². The van der Waals surface area contributed by atoms with Crippen molar-refractivity contribution in [2.24, 2.45) is 11.8 Å². The molecule has 0 radical (unpaired) electrons. The SMILES string of the molecule is CC1(F)CCN(C(=O)c2cnc3c(ccn3-c3ccc(C(=O)N(CCO)CCO)cc3)c2)CC1.CC1(F)CCN(C(=O)c2cnc3c(ccn3-c3ccc(C(=O)NC4(C(=O)O)CC4)cc3)c2)CC1.CC1(F)CCN(C(=O)c2cnc3c(ccn3-c3ccc(C4(C(=O)O)CC4)cc3)c2)CC1.Cc1nc2c(cc1C(=O)N1CCC(C)CC1)c(Cl)cn2-c1cnccn1.Cc1nc2c(ccn2-c2cnccn2)cc1C(=O)N1CCC(C)CC1. The van der Waals surface area contributed by atoms with Crippen LogP contribution in [-0.2, 0) is 15.0 Å². The highest BCUT2D eigenvalue weighted by molar-refractivity contribution is 6.35. The number of hydrogen-bond donors (Lipinski definition) is 5. The fourth-order valence-electron chi connectivity index (χ4n) is 19.6. The molecule has 12 aromatic heterocycles. The minimum atomic E-state index is -1.22. The smallest absolute Gasteiger partial charge is 0.329 e. The van der Waals surface area contributed by atoms with Crippen molar-refractivity contribution < 1.29 is 76.7 Å². The number of aliphatic carboxylic acids is 2. The third-order valence-electron chi connectivity index (χ3n) is 29.8. The van der Waals surface area contributed by atoms with E-state index in [1.807, 2.05) is 133 Å². The summed E-state index contributed by atoms with van der Waals surface area (Å²) in [7, 11) is 0. The molecular weight excluding hydrogens is 1940 g/mol. The number of aliphatic hydroxyl groups excluding tert-OH is 2. The normalized spacial score (nSPS) is 17.0. The topological polar surface area (TPSA) is 407 Å². The number of amides is 7. The third kappa shape index (κ3) is 22.9. The molecule has 0 unspecified atom stereocenters.